The monoisotopic (exact) mass is 218 g/mol. The van der Waals surface area contributed by atoms with Gasteiger partial charge in [0.05, 0.1) is 0 Å². The first-order valence-electron chi connectivity index (χ1n) is 5.89. The Hall–Kier alpha value is -1.35. The first-order valence-corrected chi connectivity index (χ1v) is 5.89. The van der Waals surface area contributed by atoms with Crippen molar-refractivity contribution in [2.24, 2.45) is 5.73 Å². The van der Waals surface area contributed by atoms with Crippen molar-refractivity contribution in [2.75, 3.05) is 6.54 Å². The summed E-state index contributed by atoms with van der Waals surface area (Å²) in [5.41, 5.74) is 8.98. The maximum absolute atomic E-state index is 11.8. The number of carbonyl (C=O) groups excluding carboxylic acids is 1. The first kappa shape index (κ1) is 11.1. The van der Waals surface area contributed by atoms with Gasteiger partial charge in [0.1, 0.15) is 0 Å². The van der Waals surface area contributed by atoms with Crippen molar-refractivity contribution in [3.05, 3.63) is 34.9 Å². The largest absolute Gasteiger partial charge is 0.352 e. The van der Waals surface area contributed by atoms with Crippen LogP contribution in [0.25, 0.3) is 0 Å². The molecule has 1 aromatic carbocycles. The Morgan fingerprint density at radius 3 is 3.06 bits per heavy atom. The molecular formula is C13H18N2O. The molecule has 1 amide bonds. The van der Waals surface area contributed by atoms with E-state index in [0.717, 1.165) is 42.5 Å². The third-order valence-electron chi connectivity index (χ3n) is 3.15. The molecule has 1 aromatic rings. The number of carbonyl (C=O) groups is 1. The van der Waals surface area contributed by atoms with Gasteiger partial charge in [-0.2, -0.15) is 0 Å². The fourth-order valence-electron chi connectivity index (χ4n) is 2.07. The van der Waals surface area contributed by atoms with Crippen LogP contribution in [0, 0.1) is 0 Å². The highest BCUT2D eigenvalue weighted by atomic mass is 16.1. The number of nitrogens with two attached hydrogens (primary N) is 1. The normalized spacial score (nSPS) is 17.2. The topological polar surface area (TPSA) is 55.1 Å². The van der Waals surface area contributed by atoms with E-state index in [1.165, 1.54) is 0 Å². The van der Waals surface area contributed by atoms with Crippen molar-refractivity contribution in [3.8, 4) is 0 Å². The third-order valence-corrected chi connectivity index (χ3v) is 3.15. The van der Waals surface area contributed by atoms with Gasteiger partial charge in [-0.1, -0.05) is 19.1 Å². The molecule has 1 aliphatic rings. The zero-order valence-corrected chi connectivity index (χ0v) is 9.62. The summed E-state index contributed by atoms with van der Waals surface area (Å²) < 4.78 is 0. The van der Waals surface area contributed by atoms with Gasteiger partial charge in [-0.3, -0.25) is 4.79 Å². The fourth-order valence-corrected chi connectivity index (χ4v) is 2.07. The summed E-state index contributed by atoms with van der Waals surface area (Å²) in [7, 11) is 0. The Kier molecular flexibility index (Phi) is 3.25. The molecule has 0 aliphatic carbocycles. The van der Waals surface area contributed by atoms with Crippen LogP contribution in [0.3, 0.4) is 0 Å². The Morgan fingerprint density at radius 2 is 2.31 bits per heavy atom. The lowest BCUT2D eigenvalue weighted by atomic mass is 9.97. The van der Waals surface area contributed by atoms with Crippen molar-refractivity contribution in [2.45, 2.75) is 32.2 Å². The Bertz CT molecular complexity index is 401. The third kappa shape index (κ3) is 2.09. The standard InChI is InChI=1S/C13H18N2O/c1-2-12(14)10-6-5-9-4-3-7-15-13(16)11(9)8-10/h5-6,8,12H,2-4,7,14H2,1H3,(H,15,16)/t12-/m1/s1. The predicted octanol–water partition coefficient (Wildman–Crippen LogP) is 1.77. The summed E-state index contributed by atoms with van der Waals surface area (Å²) in [6.45, 7) is 2.82. The van der Waals surface area contributed by atoms with E-state index in [4.69, 9.17) is 5.73 Å². The predicted molar refractivity (Wildman–Crippen MR) is 64.3 cm³/mol. The summed E-state index contributed by atoms with van der Waals surface area (Å²) >= 11 is 0. The van der Waals surface area contributed by atoms with Crippen molar-refractivity contribution in [3.63, 3.8) is 0 Å². The van der Waals surface area contributed by atoms with Crippen LogP contribution in [0.1, 0.15) is 47.3 Å². The van der Waals surface area contributed by atoms with E-state index in [-0.39, 0.29) is 11.9 Å². The molecule has 2 rings (SSSR count). The zero-order valence-electron chi connectivity index (χ0n) is 9.62. The van der Waals surface area contributed by atoms with Gasteiger partial charge in [0.15, 0.2) is 0 Å². The number of hydrogen-bond acceptors (Lipinski definition) is 2. The minimum Gasteiger partial charge on any atom is -0.352 e. The van der Waals surface area contributed by atoms with Crippen LogP contribution in [-0.4, -0.2) is 12.5 Å². The van der Waals surface area contributed by atoms with E-state index in [1.807, 2.05) is 18.2 Å². The van der Waals surface area contributed by atoms with Crippen molar-refractivity contribution in [1.29, 1.82) is 0 Å². The minimum absolute atomic E-state index is 0.0290. The van der Waals surface area contributed by atoms with E-state index in [9.17, 15) is 4.79 Å². The van der Waals surface area contributed by atoms with Crippen LogP contribution in [-0.2, 0) is 6.42 Å². The van der Waals surface area contributed by atoms with Gasteiger partial charge in [-0.05, 0) is 36.5 Å². The van der Waals surface area contributed by atoms with Gasteiger partial charge in [0, 0.05) is 18.2 Å². The number of amides is 1. The van der Waals surface area contributed by atoms with Crippen molar-refractivity contribution < 1.29 is 4.79 Å². The molecule has 3 nitrogen and oxygen atoms in total. The number of benzene rings is 1. The molecule has 0 spiro atoms. The van der Waals surface area contributed by atoms with Crippen LogP contribution in [0.2, 0.25) is 0 Å². The van der Waals surface area contributed by atoms with Crippen molar-refractivity contribution >= 4 is 5.91 Å². The van der Waals surface area contributed by atoms with Gasteiger partial charge in [0.25, 0.3) is 5.91 Å². The highest BCUT2D eigenvalue weighted by Gasteiger charge is 2.16. The van der Waals surface area contributed by atoms with Gasteiger partial charge >= 0.3 is 0 Å². The number of aryl methyl sites for hydroxylation is 1. The summed E-state index contributed by atoms with van der Waals surface area (Å²) in [6, 6.07) is 6.07. The van der Waals surface area contributed by atoms with Gasteiger partial charge in [-0.25, -0.2) is 0 Å². The average Bonchev–Trinajstić information content (AvgIpc) is 2.50. The quantitative estimate of drug-likeness (QED) is 0.795. The molecule has 0 unspecified atom stereocenters. The number of nitrogens with one attached hydrogen (secondary N) is 1. The van der Waals surface area contributed by atoms with Gasteiger partial charge in [-0.15, -0.1) is 0 Å². The maximum atomic E-state index is 11.8. The minimum atomic E-state index is 0.0290. The van der Waals surface area contributed by atoms with Crippen LogP contribution in [0.4, 0.5) is 0 Å². The van der Waals surface area contributed by atoms with E-state index in [2.05, 4.69) is 12.2 Å². The second-order valence-corrected chi connectivity index (χ2v) is 4.29. The first-order chi connectivity index (χ1) is 7.72. The molecule has 0 aromatic heterocycles. The lowest BCUT2D eigenvalue weighted by Crippen LogP contribution is -2.23. The Labute approximate surface area is 96.0 Å². The number of hydrogen-bond donors (Lipinski definition) is 2. The molecule has 1 aliphatic heterocycles. The Morgan fingerprint density at radius 1 is 1.50 bits per heavy atom. The molecular weight excluding hydrogens is 200 g/mol. The molecule has 1 heterocycles. The SMILES string of the molecule is CC[C@@H](N)c1ccc2c(c1)C(=O)NCCC2. The highest BCUT2D eigenvalue weighted by molar-refractivity contribution is 5.96. The average molecular weight is 218 g/mol. The molecule has 0 saturated carbocycles. The fraction of sp³-hybridized carbons (Fsp3) is 0.462. The Balaban J connectivity index is 2.39. The van der Waals surface area contributed by atoms with E-state index in [1.54, 1.807) is 0 Å². The van der Waals surface area contributed by atoms with Gasteiger partial charge in [0.2, 0.25) is 0 Å². The second kappa shape index (κ2) is 4.66. The van der Waals surface area contributed by atoms with Crippen LogP contribution >= 0.6 is 0 Å². The molecule has 3 N–H and O–H groups in total. The molecule has 0 saturated heterocycles. The maximum Gasteiger partial charge on any atom is 0.251 e. The lowest BCUT2D eigenvalue weighted by molar-refractivity contribution is 0.0956. The van der Waals surface area contributed by atoms with Gasteiger partial charge < -0.3 is 11.1 Å². The molecule has 3 heteroatoms. The summed E-state index contributed by atoms with van der Waals surface area (Å²) in [6.07, 6.45) is 2.87. The van der Waals surface area contributed by atoms with E-state index in [0.29, 0.717) is 0 Å². The van der Waals surface area contributed by atoms with Crippen LogP contribution < -0.4 is 11.1 Å². The van der Waals surface area contributed by atoms with Crippen LogP contribution in [0.5, 0.6) is 0 Å². The lowest BCUT2D eigenvalue weighted by Gasteiger charge is -2.12. The highest BCUT2D eigenvalue weighted by Crippen LogP contribution is 2.21. The summed E-state index contributed by atoms with van der Waals surface area (Å²) in [5.74, 6) is 0.0395. The second-order valence-electron chi connectivity index (χ2n) is 4.29. The zero-order chi connectivity index (χ0) is 11.5. The molecule has 0 radical (unpaired) electrons. The van der Waals surface area contributed by atoms with Crippen LogP contribution in [0.15, 0.2) is 18.2 Å². The van der Waals surface area contributed by atoms with E-state index >= 15 is 0 Å². The summed E-state index contributed by atoms with van der Waals surface area (Å²) in [5, 5.41) is 2.91. The van der Waals surface area contributed by atoms with Crippen molar-refractivity contribution in [1.82, 2.24) is 5.32 Å². The summed E-state index contributed by atoms with van der Waals surface area (Å²) in [4.78, 5) is 11.8. The molecule has 0 bridgehead atoms. The molecule has 16 heavy (non-hydrogen) atoms. The molecule has 0 fully saturated rings. The smallest absolute Gasteiger partial charge is 0.251 e. The molecule has 1 atom stereocenters. The molecule has 86 valence electrons. The van der Waals surface area contributed by atoms with E-state index < -0.39 is 0 Å². The number of rotatable bonds is 2. The number of fused-ring (bicyclic) bond motifs is 1.